The van der Waals surface area contributed by atoms with Crippen LogP contribution in [-0.4, -0.2) is 7.05 Å². The third-order valence-corrected chi connectivity index (χ3v) is 3.60. The van der Waals surface area contributed by atoms with Gasteiger partial charge in [0, 0.05) is 16.1 Å². The third-order valence-electron chi connectivity index (χ3n) is 3.10. The minimum absolute atomic E-state index is 0.160. The fourth-order valence-corrected chi connectivity index (χ4v) is 2.22. The van der Waals surface area contributed by atoms with Gasteiger partial charge in [0.2, 0.25) is 0 Å². The molecule has 4 heteroatoms. The topological polar surface area (TPSA) is 45.0 Å². The molecule has 0 bridgehead atoms. The van der Waals surface area contributed by atoms with Gasteiger partial charge in [-0.2, -0.15) is 5.26 Å². The lowest BCUT2D eigenvalue weighted by atomic mass is 10.1. The Kier molecular flexibility index (Phi) is 4.78. The van der Waals surface area contributed by atoms with E-state index >= 15 is 0 Å². The summed E-state index contributed by atoms with van der Waals surface area (Å²) in [6, 6.07) is 15.4. The zero-order valence-electron chi connectivity index (χ0n) is 11.4. The van der Waals surface area contributed by atoms with Crippen LogP contribution in [0.1, 0.15) is 24.1 Å². The summed E-state index contributed by atoms with van der Waals surface area (Å²) in [6.07, 6.45) is 0. The molecule has 0 heterocycles. The maximum absolute atomic E-state index is 9.12. The highest BCUT2D eigenvalue weighted by Crippen LogP contribution is 2.33. The lowest BCUT2D eigenvalue weighted by Crippen LogP contribution is -2.13. The van der Waals surface area contributed by atoms with Crippen LogP contribution in [0.5, 0.6) is 11.5 Å². The summed E-state index contributed by atoms with van der Waals surface area (Å²) < 4.78 is 6.88. The Labute approximate surface area is 127 Å². The number of hydrogen-bond acceptors (Lipinski definition) is 3. The predicted molar refractivity (Wildman–Crippen MR) is 82.8 cm³/mol. The highest BCUT2D eigenvalue weighted by molar-refractivity contribution is 9.10. The van der Waals surface area contributed by atoms with E-state index < -0.39 is 0 Å². The van der Waals surface area contributed by atoms with Gasteiger partial charge in [0.15, 0.2) is 0 Å². The molecule has 0 saturated heterocycles. The SMILES string of the molecule is CNC(C)c1ccc(Br)cc1Oc1ccccc1C#N. The second kappa shape index (κ2) is 6.56. The lowest BCUT2D eigenvalue weighted by Gasteiger charge is -2.17. The first-order valence-electron chi connectivity index (χ1n) is 6.29. The molecule has 3 nitrogen and oxygen atoms in total. The van der Waals surface area contributed by atoms with Crippen molar-refractivity contribution in [1.29, 1.82) is 5.26 Å². The predicted octanol–water partition coefficient (Wildman–Crippen LogP) is 4.39. The van der Waals surface area contributed by atoms with Gasteiger partial charge >= 0.3 is 0 Å². The maximum atomic E-state index is 9.12. The summed E-state index contributed by atoms with van der Waals surface area (Å²) in [5.41, 5.74) is 1.57. The van der Waals surface area contributed by atoms with Gasteiger partial charge in [-0.3, -0.25) is 0 Å². The number of para-hydroxylation sites is 1. The first-order valence-corrected chi connectivity index (χ1v) is 7.08. The number of ether oxygens (including phenoxy) is 1. The van der Waals surface area contributed by atoms with Gasteiger partial charge in [0.25, 0.3) is 0 Å². The average molecular weight is 331 g/mol. The molecule has 0 spiro atoms. The lowest BCUT2D eigenvalue weighted by molar-refractivity contribution is 0.464. The molecule has 0 aliphatic heterocycles. The zero-order chi connectivity index (χ0) is 14.5. The average Bonchev–Trinajstić information content (AvgIpc) is 2.47. The Morgan fingerprint density at radius 3 is 2.65 bits per heavy atom. The summed E-state index contributed by atoms with van der Waals surface area (Å²) in [7, 11) is 1.90. The molecular weight excluding hydrogens is 316 g/mol. The van der Waals surface area contributed by atoms with E-state index in [1.54, 1.807) is 12.1 Å². The number of nitriles is 1. The van der Waals surface area contributed by atoms with Crippen LogP contribution < -0.4 is 10.1 Å². The van der Waals surface area contributed by atoms with Crippen molar-refractivity contribution in [3.8, 4) is 17.6 Å². The minimum Gasteiger partial charge on any atom is -0.456 e. The van der Waals surface area contributed by atoms with Gasteiger partial charge in [-0.15, -0.1) is 0 Å². The minimum atomic E-state index is 0.160. The molecule has 1 unspecified atom stereocenters. The van der Waals surface area contributed by atoms with Crippen LogP contribution in [-0.2, 0) is 0 Å². The van der Waals surface area contributed by atoms with Crippen LogP contribution in [0.2, 0.25) is 0 Å². The molecule has 20 heavy (non-hydrogen) atoms. The summed E-state index contributed by atoms with van der Waals surface area (Å²) in [5, 5.41) is 12.3. The van der Waals surface area contributed by atoms with Crippen molar-refractivity contribution in [2.24, 2.45) is 0 Å². The molecule has 1 atom stereocenters. The normalized spacial score (nSPS) is 11.7. The summed E-state index contributed by atoms with van der Waals surface area (Å²) in [4.78, 5) is 0. The summed E-state index contributed by atoms with van der Waals surface area (Å²) in [5.74, 6) is 1.31. The van der Waals surface area contributed by atoms with Crippen LogP contribution >= 0.6 is 15.9 Å². The second-order valence-electron chi connectivity index (χ2n) is 4.40. The molecule has 0 aliphatic carbocycles. The van der Waals surface area contributed by atoms with Crippen LogP contribution in [0.4, 0.5) is 0 Å². The number of benzene rings is 2. The number of hydrogen-bond donors (Lipinski definition) is 1. The molecule has 102 valence electrons. The Morgan fingerprint density at radius 2 is 1.95 bits per heavy atom. The largest absolute Gasteiger partial charge is 0.456 e. The van der Waals surface area contributed by atoms with E-state index in [0.717, 1.165) is 15.8 Å². The van der Waals surface area contributed by atoms with Crippen molar-refractivity contribution in [2.75, 3.05) is 7.05 Å². The molecule has 0 saturated carbocycles. The van der Waals surface area contributed by atoms with Gasteiger partial charge in [-0.25, -0.2) is 0 Å². The second-order valence-corrected chi connectivity index (χ2v) is 5.32. The highest BCUT2D eigenvalue weighted by Gasteiger charge is 2.13. The maximum Gasteiger partial charge on any atom is 0.145 e. The first-order chi connectivity index (χ1) is 9.65. The van der Waals surface area contributed by atoms with Crippen molar-refractivity contribution in [3.05, 3.63) is 58.1 Å². The molecule has 0 radical (unpaired) electrons. The van der Waals surface area contributed by atoms with Gasteiger partial charge in [-0.05, 0) is 38.2 Å². The number of rotatable bonds is 4. The van der Waals surface area contributed by atoms with Crippen LogP contribution in [0.3, 0.4) is 0 Å². The fraction of sp³-hybridized carbons (Fsp3) is 0.188. The molecule has 0 fully saturated rings. The van der Waals surface area contributed by atoms with E-state index in [2.05, 4.69) is 34.2 Å². The quantitative estimate of drug-likeness (QED) is 0.903. The molecule has 2 aromatic carbocycles. The molecule has 1 N–H and O–H groups in total. The Bertz CT molecular complexity index is 649. The Hall–Kier alpha value is -1.83. The van der Waals surface area contributed by atoms with Crippen LogP contribution in [0, 0.1) is 11.3 Å². The van der Waals surface area contributed by atoms with Crippen LogP contribution in [0.15, 0.2) is 46.9 Å². The number of nitrogens with one attached hydrogen (secondary N) is 1. The van der Waals surface area contributed by atoms with E-state index in [0.29, 0.717) is 11.3 Å². The van der Waals surface area contributed by atoms with E-state index in [9.17, 15) is 0 Å². The Morgan fingerprint density at radius 1 is 1.20 bits per heavy atom. The van der Waals surface area contributed by atoms with Crippen molar-refractivity contribution in [2.45, 2.75) is 13.0 Å². The molecule has 2 aromatic rings. The zero-order valence-corrected chi connectivity index (χ0v) is 12.9. The smallest absolute Gasteiger partial charge is 0.145 e. The molecule has 0 amide bonds. The van der Waals surface area contributed by atoms with E-state index in [4.69, 9.17) is 10.00 Å². The number of nitrogens with zero attached hydrogens (tertiary/aromatic N) is 1. The van der Waals surface area contributed by atoms with E-state index in [-0.39, 0.29) is 6.04 Å². The molecular formula is C16H15BrN2O. The van der Waals surface area contributed by atoms with Gasteiger partial charge in [0.1, 0.15) is 17.6 Å². The van der Waals surface area contributed by atoms with Crippen molar-refractivity contribution in [1.82, 2.24) is 5.32 Å². The summed E-state index contributed by atoms with van der Waals surface area (Å²) in [6.45, 7) is 2.06. The van der Waals surface area contributed by atoms with Crippen molar-refractivity contribution >= 4 is 15.9 Å². The van der Waals surface area contributed by atoms with Gasteiger partial charge < -0.3 is 10.1 Å². The molecule has 2 rings (SSSR count). The van der Waals surface area contributed by atoms with Gasteiger partial charge in [0.05, 0.1) is 5.56 Å². The van der Waals surface area contributed by atoms with Crippen LogP contribution in [0.25, 0.3) is 0 Å². The summed E-state index contributed by atoms with van der Waals surface area (Å²) >= 11 is 3.45. The third kappa shape index (κ3) is 3.19. The Balaban J connectivity index is 2.42. The highest BCUT2D eigenvalue weighted by atomic mass is 79.9. The number of halogens is 1. The molecule has 0 aliphatic rings. The van der Waals surface area contributed by atoms with Gasteiger partial charge in [-0.1, -0.05) is 34.1 Å². The van der Waals surface area contributed by atoms with Crippen molar-refractivity contribution < 1.29 is 4.74 Å². The monoisotopic (exact) mass is 330 g/mol. The van der Waals surface area contributed by atoms with Crippen molar-refractivity contribution in [3.63, 3.8) is 0 Å². The van der Waals surface area contributed by atoms with E-state index in [1.807, 2.05) is 37.4 Å². The first kappa shape index (κ1) is 14.6. The molecule has 0 aromatic heterocycles. The fourth-order valence-electron chi connectivity index (χ4n) is 1.88. The van der Waals surface area contributed by atoms with E-state index in [1.165, 1.54) is 0 Å². The standard InChI is InChI=1S/C16H15BrN2O/c1-11(19-2)14-8-7-13(17)9-16(14)20-15-6-4-3-5-12(15)10-18/h3-9,11,19H,1-2H3.